The summed E-state index contributed by atoms with van der Waals surface area (Å²) < 4.78 is 0. The van der Waals surface area contributed by atoms with Gasteiger partial charge in [0.1, 0.15) is 0 Å². The third kappa shape index (κ3) is 1.72. The van der Waals surface area contributed by atoms with E-state index in [-0.39, 0.29) is 0 Å². The van der Waals surface area contributed by atoms with Gasteiger partial charge < -0.3 is 5.32 Å². The normalized spacial score (nSPS) is 21.1. The molecule has 1 unspecified atom stereocenters. The van der Waals surface area contributed by atoms with Crippen molar-refractivity contribution in [1.29, 1.82) is 0 Å². The molecule has 1 heterocycles. The van der Waals surface area contributed by atoms with E-state index in [2.05, 4.69) is 54.2 Å². The summed E-state index contributed by atoms with van der Waals surface area (Å²) in [5.41, 5.74) is 1.46. The van der Waals surface area contributed by atoms with Crippen LogP contribution in [0.5, 0.6) is 0 Å². The van der Waals surface area contributed by atoms with E-state index in [1.165, 1.54) is 22.8 Å². The summed E-state index contributed by atoms with van der Waals surface area (Å²) in [6, 6.07) is 15.3. The predicted octanol–water partition coefficient (Wildman–Crippen LogP) is 3.12. The van der Waals surface area contributed by atoms with Crippen molar-refractivity contribution in [2.75, 3.05) is 13.1 Å². The Morgan fingerprint density at radius 1 is 1.00 bits per heavy atom. The van der Waals surface area contributed by atoms with Crippen LogP contribution < -0.4 is 5.32 Å². The molecule has 1 nitrogen and oxygen atoms in total. The molecule has 1 saturated heterocycles. The first-order valence-electron chi connectivity index (χ1n) is 5.97. The molecule has 1 aliphatic heterocycles. The van der Waals surface area contributed by atoms with Crippen LogP contribution in [0.4, 0.5) is 0 Å². The number of piperidine rings is 1. The Balaban J connectivity index is 2.08. The number of fused-ring (bicyclic) bond motifs is 1. The van der Waals surface area contributed by atoms with Gasteiger partial charge in [0.2, 0.25) is 0 Å². The summed E-state index contributed by atoms with van der Waals surface area (Å²) in [5.74, 6) is 0.569. The van der Waals surface area contributed by atoms with E-state index < -0.39 is 0 Å². The Morgan fingerprint density at radius 3 is 2.75 bits per heavy atom. The van der Waals surface area contributed by atoms with Crippen molar-refractivity contribution in [3.63, 3.8) is 0 Å². The van der Waals surface area contributed by atoms with E-state index in [0.29, 0.717) is 5.92 Å². The van der Waals surface area contributed by atoms with Gasteiger partial charge in [0.05, 0.1) is 0 Å². The first kappa shape index (κ1) is 9.86. The molecule has 2 aromatic rings. The minimum Gasteiger partial charge on any atom is -0.316 e. The molecule has 0 bridgehead atoms. The molecular weight excluding hydrogens is 194 g/mol. The average Bonchev–Trinajstić information content (AvgIpc) is 2.39. The van der Waals surface area contributed by atoms with E-state index in [1.807, 2.05) is 0 Å². The van der Waals surface area contributed by atoms with Crippen molar-refractivity contribution >= 4 is 10.8 Å². The minimum absolute atomic E-state index is 0.569. The first-order chi connectivity index (χ1) is 7.95. The molecule has 1 N–H and O–H groups in total. The lowest BCUT2D eigenvalue weighted by atomic mass is 9.88. The standard InChI is InChI=1S/C15H16N/c1-2-8-14-12(5-1)6-3-9-15(14)13-7-4-10-16-11-13/h1-3,5-9,13,16H,4,10-11H2. The highest BCUT2D eigenvalue weighted by molar-refractivity contribution is 5.86. The van der Waals surface area contributed by atoms with Crippen molar-refractivity contribution in [3.05, 3.63) is 54.4 Å². The third-order valence-electron chi connectivity index (χ3n) is 3.36. The van der Waals surface area contributed by atoms with Gasteiger partial charge in [-0.05, 0) is 35.7 Å². The van der Waals surface area contributed by atoms with Gasteiger partial charge in [0.25, 0.3) is 0 Å². The molecule has 81 valence electrons. The van der Waals surface area contributed by atoms with Crippen LogP contribution in [0.25, 0.3) is 10.8 Å². The molecule has 1 heteroatoms. The summed E-state index contributed by atoms with van der Waals surface area (Å²) >= 11 is 0. The van der Waals surface area contributed by atoms with E-state index in [0.717, 1.165) is 13.1 Å². The lowest BCUT2D eigenvalue weighted by molar-refractivity contribution is 0.551. The maximum absolute atomic E-state index is 3.47. The number of nitrogens with one attached hydrogen (secondary N) is 1. The second kappa shape index (κ2) is 4.26. The molecule has 1 aliphatic rings. The third-order valence-corrected chi connectivity index (χ3v) is 3.36. The summed E-state index contributed by atoms with van der Waals surface area (Å²) in [6.45, 7) is 2.20. The maximum atomic E-state index is 3.47. The highest BCUT2D eigenvalue weighted by atomic mass is 14.9. The highest BCUT2D eigenvalue weighted by Gasteiger charge is 2.16. The molecule has 0 aromatic heterocycles. The van der Waals surface area contributed by atoms with Crippen molar-refractivity contribution in [2.24, 2.45) is 0 Å². The van der Waals surface area contributed by atoms with Crippen LogP contribution in [0.2, 0.25) is 0 Å². The fraction of sp³-hybridized carbons (Fsp3) is 0.267. The number of hydrogen-bond donors (Lipinski definition) is 1. The summed E-state index contributed by atoms with van der Waals surface area (Å²) in [5, 5.41) is 6.21. The Kier molecular flexibility index (Phi) is 2.63. The van der Waals surface area contributed by atoms with Gasteiger partial charge >= 0.3 is 0 Å². The van der Waals surface area contributed by atoms with Crippen LogP contribution >= 0.6 is 0 Å². The second-order valence-electron chi connectivity index (χ2n) is 4.40. The number of hydrogen-bond acceptors (Lipinski definition) is 1. The van der Waals surface area contributed by atoms with Crippen LogP contribution in [0.3, 0.4) is 0 Å². The van der Waals surface area contributed by atoms with Gasteiger partial charge in [0, 0.05) is 12.5 Å². The quantitative estimate of drug-likeness (QED) is 0.762. The summed E-state index contributed by atoms with van der Waals surface area (Å²) in [7, 11) is 0. The Labute approximate surface area is 96.5 Å². The zero-order valence-corrected chi connectivity index (χ0v) is 9.32. The van der Waals surface area contributed by atoms with Crippen molar-refractivity contribution in [3.8, 4) is 0 Å². The van der Waals surface area contributed by atoms with E-state index in [9.17, 15) is 0 Å². The lowest BCUT2D eigenvalue weighted by Gasteiger charge is -2.24. The van der Waals surface area contributed by atoms with Gasteiger partial charge in [-0.2, -0.15) is 0 Å². The van der Waals surface area contributed by atoms with Crippen molar-refractivity contribution in [2.45, 2.75) is 12.3 Å². The highest BCUT2D eigenvalue weighted by Crippen LogP contribution is 2.29. The molecule has 1 fully saturated rings. The van der Waals surface area contributed by atoms with Gasteiger partial charge in [-0.3, -0.25) is 0 Å². The minimum atomic E-state index is 0.569. The molecule has 0 spiro atoms. The van der Waals surface area contributed by atoms with Crippen molar-refractivity contribution < 1.29 is 0 Å². The van der Waals surface area contributed by atoms with Crippen LogP contribution in [0.1, 0.15) is 17.9 Å². The Hall–Kier alpha value is -1.34. The predicted molar refractivity (Wildman–Crippen MR) is 68.5 cm³/mol. The fourth-order valence-corrected chi connectivity index (χ4v) is 2.54. The monoisotopic (exact) mass is 210 g/mol. The Morgan fingerprint density at radius 2 is 1.88 bits per heavy atom. The SMILES string of the molecule is [CH]1CCNCC1c1cccc2ccccc12. The zero-order chi connectivity index (χ0) is 10.8. The van der Waals surface area contributed by atoms with E-state index in [1.54, 1.807) is 0 Å². The van der Waals surface area contributed by atoms with Gasteiger partial charge in [-0.15, -0.1) is 0 Å². The van der Waals surface area contributed by atoms with E-state index >= 15 is 0 Å². The molecule has 0 saturated carbocycles. The van der Waals surface area contributed by atoms with Crippen LogP contribution in [-0.4, -0.2) is 13.1 Å². The first-order valence-corrected chi connectivity index (χ1v) is 5.97. The average molecular weight is 210 g/mol. The molecule has 1 atom stereocenters. The second-order valence-corrected chi connectivity index (χ2v) is 4.40. The molecular formula is C15H16N. The van der Waals surface area contributed by atoms with Gasteiger partial charge in [-0.1, -0.05) is 42.5 Å². The van der Waals surface area contributed by atoms with Crippen LogP contribution in [0.15, 0.2) is 42.5 Å². The molecule has 1 radical (unpaired) electrons. The molecule has 0 amide bonds. The number of rotatable bonds is 1. The molecule has 0 aliphatic carbocycles. The molecule has 16 heavy (non-hydrogen) atoms. The number of benzene rings is 2. The largest absolute Gasteiger partial charge is 0.316 e. The van der Waals surface area contributed by atoms with E-state index in [4.69, 9.17) is 0 Å². The molecule has 3 rings (SSSR count). The zero-order valence-electron chi connectivity index (χ0n) is 9.32. The smallest absolute Gasteiger partial charge is 0.00231 e. The van der Waals surface area contributed by atoms with Gasteiger partial charge in [-0.25, -0.2) is 0 Å². The van der Waals surface area contributed by atoms with Crippen LogP contribution in [-0.2, 0) is 0 Å². The van der Waals surface area contributed by atoms with Gasteiger partial charge in [0.15, 0.2) is 0 Å². The Bertz CT molecular complexity index is 478. The molecule has 2 aromatic carbocycles. The summed E-state index contributed by atoms with van der Waals surface area (Å²) in [6.07, 6.45) is 3.62. The van der Waals surface area contributed by atoms with Crippen molar-refractivity contribution in [1.82, 2.24) is 5.32 Å². The topological polar surface area (TPSA) is 12.0 Å². The van der Waals surface area contributed by atoms with Crippen LogP contribution in [0, 0.1) is 6.42 Å². The maximum Gasteiger partial charge on any atom is 0.00231 e. The fourth-order valence-electron chi connectivity index (χ4n) is 2.54. The summed E-state index contributed by atoms with van der Waals surface area (Å²) in [4.78, 5) is 0. The lowest BCUT2D eigenvalue weighted by Crippen LogP contribution is -2.28.